The summed E-state index contributed by atoms with van der Waals surface area (Å²) in [6, 6.07) is 4.00. The molecule has 7 nitrogen and oxygen atoms in total. The fourth-order valence-electron chi connectivity index (χ4n) is 3.90. The molecule has 3 N–H and O–H groups in total. The van der Waals surface area contributed by atoms with Crippen molar-refractivity contribution in [2.75, 3.05) is 31.2 Å². The molecular formula is C20H34Cl2N4O3. The molecule has 3 unspecified atom stereocenters. The molecular weight excluding hydrogens is 415 g/mol. The Morgan fingerprint density at radius 3 is 2.69 bits per heavy atom. The van der Waals surface area contributed by atoms with Crippen LogP contribution in [0.25, 0.3) is 0 Å². The SMILES string of the molecule is CCOC1CC(N)(C(=O)NCc2ccc(N3CCOC(C)C3)nc2)C1(C)C.Cl.Cl. The number of morpholine rings is 1. The summed E-state index contributed by atoms with van der Waals surface area (Å²) in [5, 5.41) is 2.97. The molecule has 2 heterocycles. The summed E-state index contributed by atoms with van der Waals surface area (Å²) in [6.07, 6.45) is 2.60. The molecule has 0 radical (unpaired) electrons. The quantitative estimate of drug-likeness (QED) is 0.693. The lowest BCUT2D eigenvalue weighted by Gasteiger charge is -2.57. The zero-order valence-corrected chi connectivity index (χ0v) is 19.3. The zero-order chi connectivity index (χ0) is 19.7. The van der Waals surface area contributed by atoms with Gasteiger partial charge in [0.15, 0.2) is 0 Å². The van der Waals surface area contributed by atoms with Crippen molar-refractivity contribution >= 4 is 36.5 Å². The van der Waals surface area contributed by atoms with Crippen LogP contribution in [0.1, 0.15) is 39.7 Å². The molecule has 0 spiro atoms. The second kappa shape index (κ2) is 10.3. The van der Waals surface area contributed by atoms with E-state index >= 15 is 0 Å². The van der Waals surface area contributed by atoms with Crippen LogP contribution in [0.4, 0.5) is 5.82 Å². The molecule has 1 aromatic heterocycles. The van der Waals surface area contributed by atoms with E-state index in [2.05, 4.69) is 22.1 Å². The molecule has 0 bridgehead atoms. The van der Waals surface area contributed by atoms with Crippen molar-refractivity contribution in [1.29, 1.82) is 0 Å². The number of nitrogens with zero attached hydrogens (tertiary/aromatic N) is 2. The maximum Gasteiger partial charge on any atom is 0.241 e. The van der Waals surface area contributed by atoms with Crippen LogP contribution in [0.15, 0.2) is 18.3 Å². The van der Waals surface area contributed by atoms with E-state index in [-0.39, 0.29) is 48.3 Å². The van der Waals surface area contributed by atoms with Crippen molar-refractivity contribution in [3.63, 3.8) is 0 Å². The second-order valence-electron chi connectivity index (χ2n) is 8.18. The highest BCUT2D eigenvalue weighted by Crippen LogP contribution is 2.49. The molecule has 2 fully saturated rings. The number of ether oxygens (including phenoxy) is 2. The van der Waals surface area contributed by atoms with E-state index in [9.17, 15) is 4.79 Å². The molecule has 29 heavy (non-hydrogen) atoms. The molecule has 1 amide bonds. The summed E-state index contributed by atoms with van der Waals surface area (Å²) in [7, 11) is 0. The van der Waals surface area contributed by atoms with Crippen molar-refractivity contribution in [2.24, 2.45) is 11.1 Å². The Kier molecular flexibility index (Phi) is 9.17. The number of nitrogens with one attached hydrogen (secondary N) is 1. The van der Waals surface area contributed by atoms with Gasteiger partial charge in [0.05, 0.1) is 18.8 Å². The number of hydrogen-bond donors (Lipinski definition) is 2. The molecule has 2 aliphatic rings. The Labute approximate surface area is 185 Å². The normalized spacial score (nSPS) is 27.8. The Morgan fingerprint density at radius 2 is 2.14 bits per heavy atom. The number of aromatic nitrogens is 1. The molecule has 1 aromatic rings. The van der Waals surface area contributed by atoms with Gasteiger partial charge >= 0.3 is 0 Å². The summed E-state index contributed by atoms with van der Waals surface area (Å²) in [5.74, 6) is 0.810. The number of amides is 1. The van der Waals surface area contributed by atoms with E-state index in [1.807, 2.05) is 39.1 Å². The summed E-state index contributed by atoms with van der Waals surface area (Å²) in [5.41, 5.74) is 6.09. The Morgan fingerprint density at radius 1 is 1.41 bits per heavy atom. The number of rotatable bonds is 6. The minimum atomic E-state index is -0.899. The van der Waals surface area contributed by atoms with Gasteiger partial charge in [0.2, 0.25) is 5.91 Å². The van der Waals surface area contributed by atoms with Crippen LogP contribution in [-0.2, 0) is 20.8 Å². The first kappa shape index (κ1) is 25.9. The average molecular weight is 449 g/mol. The van der Waals surface area contributed by atoms with Crippen molar-refractivity contribution < 1.29 is 14.3 Å². The van der Waals surface area contributed by atoms with Gasteiger partial charge in [-0.2, -0.15) is 0 Å². The molecule has 1 saturated carbocycles. The van der Waals surface area contributed by atoms with Crippen molar-refractivity contribution in [2.45, 2.75) is 58.4 Å². The number of halogens is 2. The third-order valence-electron chi connectivity index (χ3n) is 6.06. The highest BCUT2D eigenvalue weighted by molar-refractivity contribution is 5.88. The third kappa shape index (κ3) is 5.14. The Balaban J connectivity index is 0.00000210. The predicted molar refractivity (Wildman–Crippen MR) is 119 cm³/mol. The predicted octanol–water partition coefficient (Wildman–Crippen LogP) is 2.30. The monoisotopic (exact) mass is 448 g/mol. The molecule has 1 aliphatic heterocycles. The first-order valence-corrected chi connectivity index (χ1v) is 9.78. The van der Waals surface area contributed by atoms with Crippen LogP contribution < -0.4 is 16.0 Å². The van der Waals surface area contributed by atoms with Crippen molar-refractivity contribution in [1.82, 2.24) is 10.3 Å². The lowest BCUT2D eigenvalue weighted by Crippen LogP contribution is -2.75. The van der Waals surface area contributed by atoms with E-state index in [1.54, 1.807) is 0 Å². The van der Waals surface area contributed by atoms with Crippen molar-refractivity contribution in [3.8, 4) is 0 Å². The van der Waals surface area contributed by atoms with Crippen LogP contribution in [0.2, 0.25) is 0 Å². The third-order valence-corrected chi connectivity index (χ3v) is 6.06. The summed E-state index contributed by atoms with van der Waals surface area (Å²) in [4.78, 5) is 19.5. The molecule has 1 saturated heterocycles. The van der Waals surface area contributed by atoms with Gasteiger partial charge in [-0.3, -0.25) is 4.79 Å². The lowest BCUT2D eigenvalue weighted by atomic mass is 9.54. The molecule has 166 valence electrons. The van der Waals surface area contributed by atoms with Gasteiger partial charge < -0.3 is 25.4 Å². The van der Waals surface area contributed by atoms with E-state index in [0.717, 1.165) is 31.1 Å². The highest BCUT2D eigenvalue weighted by atomic mass is 35.5. The minimum absolute atomic E-state index is 0. The molecule has 1 aliphatic carbocycles. The van der Waals surface area contributed by atoms with Gasteiger partial charge in [0.1, 0.15) is 11.4 Å². The van der Waals surface area contributed by atoms with Crippen LogP contribution in [0.3, 0.4) is 0 Å². The van der Waals surface area contributed by atoms with E-state index < -0.39 is 5.54 Å². The smallest absolute Gasteiger partial charge is 0.241 e. The topological polar surface area (TPSA) is 89.7 Å². The molecule has 3 atom stereocenters. The van der Waals surface area contributed by atoms with Gasteiger partial charge in [0.25, 0.3) is 0 Å². The van der Waals surface area contributed by atoms with Crippen LogP contribution in [0, 0.1) is 5.41 Å². The highest BCUT2D eigenvalue weighted by Gasteiger charge is 2.62. The maximum atomic E-state index is 12.7. The Bertz CT molecular complexity index is 674. The van der Waals surface area contributed by atoms with Gasteiger partial charge in [-0.05, 0) is 25.5 Å². The van der Waals surface area contributed by atoms with Gasteiger partial charge in [0, 0.05) is 44.3 Å². The number of hydrogen-bond acceptors (Lipinski definition) is 6. The van der Waals surface area contributed by atoms with Crippen LogP contribution >= 0.6 is 24.8 Å². The van der Waals surface area contributed by atoms with E-state index in [1.165, 1.54) is 0 Å². The molecule has 9 heteroatoms. The first-order chi connectivity index (χ1) is 12.8. The first-order valence-electron chi connectivity index (χ1n) is 9.78. The number of carbonyl (C=O) groups is 1. The zero-order valence-electron chi connectivity index (χ0n) is 17.6. The minimum Gasteiger partial charge on any atom is -0.378 e. The number of anilines is 1. The van der Waals surface area contributed by atoms with E-state index in [4.69, 9.17) is 15.2 Å². The Hall–Kier alpha value is -1.12. The molecule has 0 aromatic carbocycles. The standard InChI is InChI=1S/C20H32N4O3.2ClH/c1-5-26-16-10-20(21,19(16,3)4)18(25)23-12-15-6-7-17(22-11-15)24-8-9-27-14(2)13-24;;/h6-7,11,14,16H,5,8-10,12-13,21H2,1-4H3,(H,23,25);2*1H. The number of carbonyl (C=O) groups excluding carboxylic acids is 1. The number of pyridine rings is 1. The summed E-state index contributed by atoms with van der Waals surface area (Å²) in [6.45, 7) is 11.5. The van der Waals surface area contributed by atoms with Gasteiger partial charge in [-0.1, -0.05) is 19.9 Å². The van der Waals surface area contributed by atoms with Crippen LogP contribution in [0.5, 0.6) is 0 Å². The molecule has 3 rings (SSSR count). The fraction of sp³-hybridized carbons (Fsp3) is 0.700. The number of nitrogens with two attached hydrogens (primary N) is 1. The average Bonchev–Trinajstić information content (AvgIpc) is 2.66. The largest absolute Gasteiger partial charge is 0.378 e. The van der Waals surface area contributed by atoms with Gasteiger partial charge in [-0.15, -0.1) is 24.8 Å². The second-order valence-corrected chi connectivity index (χ2v) is 8.18. The van der Waals surface area contributed by atoms with Crippen molar-refractivity contribution in [3.05, 3.63) is 23.9 Å². The maximum absolute atomic E-state index is 12.7. The summed E-state index contributed by atoms with van der Waals surface area (Å²) < 4.78 is 11.3. The lowest BCUT2D eigenvalue weighted by molar-refractivity contribution is -0.170. The summed E-state index contributed by atoms with van der Waals surface area (Å²) >= 11 is 0. The van der Waals surface area contributed by atoms with Gasteiger partial charge in [-0.25, -0.2) is 4.98 Å². The fourth-order valence-corrected chi connectivity index (χ4v) is 3.90. The van der Waals surface area contributed by atoms with E-state index in [0.29, 0.717) is 19.6 Å². The van der Waals surface area contributed by atoms with Crippen LogP contribution in [-0.4, -0.2) is 54.9 Å².